The van der Waals surface area contributed by atoms with Gasteiger partial charge in [0.25, 0.3) is 10.2 Å². The van der Waals surface area contributed by atoms with Crippen LogP contribution in [0, 0.1) is 0 Å². The molecule has 1 fully saturated rings. The van der Waals surface area contributed by atoms with E-state index >= 15 is 0 Å². The number of ether oxygens (including phenoxy) is 2. The largest absolute Gasteiger partial charge is 0.383 e. The number of morpholine rings is 1. The molecule has 0 amide bonds. The molecule has 0 atom stereocenters. The van der Waals surface area contributed by atoms with E-state index in [9.17, 15) is 8.42 Å². The Hall–Kier alpha value is 0.270. The summed E-state index contributed by atoms with van der Waals surface area (Å²) < 4.78 is 37.6. The van der Waals surface area contributed by atoms with Gasteiger partial charge in [-0.2, -0.15) is 17.0 Å². The average Bonchev–Trinajstić information content (AvgIpc) is 2.35. The van der Waals surface area contributed by atoms with Crippen molar-refractivity contribution < 1.29 is 17.9 Å². The van der Waals surface area contributed by atoms with Gasteiger partial charge in [-0.3, -0.25) is 0 Å². The van der Waals surface area contributed by atoms with Crippen LogP contribution >= 0.6 is 15.9 Å². The van der Waals surface area contributed by atoms with E-state index in [0.29, 0.717) is 51.3 Å². The van der Waals surface area contributed by atoms with Crippen molar-refractivity contribution in [1.82, 2.24) is 8.61 Å². The first-order chi connectivity index (χ1) is 8.12. The van der Waals surface area contributed by atoms with Gasteiger partial charge in [0.2, 0.25) is 0 Å². The van der Waals surface area contributed by atoms with E-state index < -0.39 is 10.2 Å². The van der Waals surface area contributed by atoms with Crippen molar-refractivity contribution in [3.63, 3.8) is 0 Å². The SMILES string of the molecule is COCCN(CCBr)S(=O)(=O)N1CCOCC1. The van der Waals surface area contributed by atoms with Crippen LogP contribution in [-0.2, 0) is 19.7 Å². The van der Waals surface area contributed by atoms with Crippen molar-refractivity contribution in [1.29, 1.82) is 0 Å². The number of alkyl halides is 1. The molecule has 0 saturated carbocycles. The predicted octanol–water partition coefficient (Wildman–Crippen LogP) is -0.0933. The molecule has 0 spiro atoms. The molecule has 0 unspecified atom stereocenters. The highest BCUT2D eigenvalue weighted by Gasteiger charge is 2.30. The molecule has 6 nitrogen and oxygen atoms in total. The molecule has 1 aliphatic heterocycles. The second-order valence-corrected chi connectivity index (χ2v) is 6.32. The number of hydrogen-bond acceptors (Lipinski definition) is 4. The lowest BCUT2D eigenvalue weighted by Gasteiger charge is -2.31. The summed E-state index contributed by atoms with van der Waals surface area (Å²) in [5, 5.41) is 0.611. The summed E-state index contributed by atoms with van der Waals surface area (Å²) in [6.45, 7) is 3.00. The van der Waals surface area contributed by atoms with Crippen LogP contribution in [0.15, 0.2) is 0 Å². The minimum atomic E-state index is -3.38. The zero-order chi connectivity index (χ0) is 12.7. The highest BCUT2D eigenvalue weighted by molar-refractivity contribution is 9.09. The highest BCUT2D eigenvalue weighted by atomic mass is 79.9. The zero-order valence-corrected chi connectivity index (χ0v) is 12.4. The van der Waals surface area contributed by atoms with Gasteiger partial charge in [0.15, 0.2) is 0 Å². The third kappa shape index (κ3) is 4.46. The lowest BCUT2D eigenvalue weighted by atomic mass is 10.5. The maximum atomic E-state index is 12.3. The van der Waals surface area contributed by atoms with Crippen molar-refractivity contribution in [2.24, 2.45) is 0 Å². The summed E-state index contributed by atoms with van der Waals surface area (Å²) in [6.07, 6.45) is 0. The second kappa shape index (κ2) is 7.65. The van der Waals surface area contributed by atoms with E-state index in [1.165, 1.54) is 8.61 Å². The standard InChI is InChI=1S/C9H19BrN2O4S/c1-15-7-4-11(3-2-10)17(13,14)12-5-8-16-9-6-12/h2-9H2,1H3. The number of halogens is 1. The first kappa shape index (κ1) is 15.3. The minimum absolute atomic E-state index is 0.377. The third-order valence-electron chi connectivity index (χ3n) is 2.50. The molecular formula is C9H19BrN2O4S. The van der Waals surface area contributed by atoms with Gasteiger partial charge < -0.3 is 9.47 Å². The number of hydrogen-bond donors (Lipinski definition) is 0. The molecule has 1 saturated heterocycles. The van der Waals surface area contributed by atoms with E-state index in [4.69, 9.17) is 9.47 Å². The van der Waals surface area contributed by atoms with Gasteiger partial charge in [-0.05, 0) is 0 Å². The van der Waals surface area contributed by atoms with Gasteiger partial charge in [-0.25, -0.2) is 0 Å². The molecule has 0 aromatic carbocycles. The Labute approximate surface area is 111 Å². The Morgan fingerprint density at radius 3 is 2.53 bits per heavy atom. The molecule has 102 valence electrons. The normalized spacial score (nSPS) is 18.8. The van der Waals surface area contributed by atoms with Crippen LogP contribution in [0.2, 0.25) is 0 Å². The molecule has 0 N–H and O–H groups in total. The minimum Gasteiger partial charge on any atom is -0.383 e. The first-order valence-electron chi connectivity index (χ1n) is 5.50. The Kier molecular flexibility index (Phi) is 6.90. The van der Waals surface area contributed by atoms with Gasteiger partial charge in [0.1, 0.15) is 0 Å². The van der Waals surface area contributed by atoms with Crippen LogP contribution in [0.5, 0.6) is 0 Å². The monoisotopic (exact) mass is 330 g/mol. The Morgan fingerprint density at radius 2 is 2.00 bits per heavy atom. The molecule has 8 heteroatoms. The molecule has 0 aromatic heterocycles. The summed E-state index contributed by atoms with van der Waals surface area (Å²) in [7, 11) is -1.82. The lowest BCUT2D eigenvalue weighted by molar-refractivity contribution is 0.0696. The first-order valence-corrected chi connectivity index (χ1v) is 8.02. The Balaban J connectivity index is 2.67. The van der Waals surface area contributed by atoms with E-state index in [-0.39, 0.29) is 0 Å². The molecule has 1 heterocycles. The van der Waals surface area contributed by atoms with E-state index in [1.807, 2.05) is 0 Å². The fourth-order valence-corrected chi connectivity index (χ4v) is 3.80. The van der Waals surface area contributed by atoms with Crippen LogP contribution in [0.4, 0.5) is 0 Å². The fraction of sp³-hybridized carbons (Fsp3) is 1.00. The summed E-state index contributed by atoms with van der Waals surface area (Å²) in [4.78, 5) is 0. The van der Waals surface area contributed by atoms with Gasteiger partial charge in [-0.1, -0.05) is 15.9 Å². The molecule has 0 radical (unpaired) electrons. The van der Waals surface area contributed by atoms with Gasteiger partial charge in [0.05, 0.1) is 19.8 Å². The van der Waals surface area contributed by atoms with E-state index in [2.05, 4.69) is 15.9 Å². The van der Waals surface area contributed by atoms with Crippen molar-refractivity contribution in [3.05, 3.63) is 0 Å². The van der Waals surface area contributed by atoms with Gasteiger partial charge in [0, 0.05) is 38.6 Å². The van der Waals surface area contributed by atoms with Crippen LogP contribution < -0.4 is 0 Å². The van der Waals surface area contributed by atoms with Crippen molar-refractivity contribution >= 4 is 26.1 Å². The van der Waals surface area contributed by atoms with Gasteiger partial charge >= 0.3 is 0 Å². The highest BCUT2D eigenvalue weighted by Crippen LogP contribution is 2.11. The second-order valence-electron chi connectivity index (χ2n) is 3.60. The average molecular weight is 331 g/mol. The lowest BCUT2D eigenvalue weighted by Crippen LogP contribution is -2.49. The maximum Gasteiger partial charge on any atom is 0.282 e. The van der Waals surface area contributed by atoms with E-state index in [0.717, 1.165) is 0 Å². The summed E-state index contributed by atoms with van der Waals surface area (Å²) >= 11 is 3.27. The molecule has 0 bridgehead atoms. The molecule has 1 rings (SSSR count). The maximum absolute atomic E-state index is 12.3. The summed E-state index contributed by atoms with van der Waals surface area (Å²) in [5.74, 6) is 0. The van der Waals surface area contributed by atoms with E-state index in [1.54, 1.807) is 7.11 Å². The van der Waals surface area contributed by atoms with Gasteiger partial charge in [-0.15, -0.1) is 0 Å². The number of methoxy groups -OCH3 is 1. The molecule has 17 heavy (non-hydrogen) atoms. The Morgan fingerprint density at radius 1 is 1.35 bits per heavy atom. The number of nitrogens with zero attached hydrogens (tertiary/aromatic N) is 2. The smallest absolute Gasteiger partial charge is 0.282 e. The third-order valence-corrected chi connectivity index (χ3v) is 4.89. The molecule has 0 aromatic rings. The molecular weight excluding hydrogens is 312 g/mol. The quantitative estimate of drug-likeness (QED) is 0.612. The zero-order valence-electron chi connectivity index (χ0n) is 9.97. The number of rotatable bonds is 7. The van der Waals surface area contributed by atoms with Crippen LogP contribution in [0.1, 0.15) is 0 Å². The van der Waals surface area contributed by atoms with Crippen molar-refractivity contribution in [2.45, 2.75) is 0 Å². The van der Waals surface area contributed by atoms with Crippen LogP contribution in [0.3, 0.4) is 0 Å². The predicted molar refractivity (Wildman–Crippen MR) is 68.6 cm³/mol. The van der Waals surface area contributed by atoms with Crippen molar-refractivity contribution in [2.75, 3.05) is 58.4 Å². The van der Waals surface area contributed by atoms with Crippen LogP contribution in [0.25, 0.3) is 0 Å². The van der Waals surface area contributed by atoms with Crippen LogP contribution in [-0.4, -0.2) is 75.5 Å². The summed E-state index contributed by atoms with van der Waals surface area (Å²) in [5.41, 5.74) is 0. The molecule has 1 aliphatic rings. The topological polar surface area (TPSA) is 59.1 Å². The summed E-state index contributed by atoms with van der Waals surface area (Å²) in [6, 6.07) is 0. The van der Waals surface area contributed by atoms with Crippen molar-refractivity contribution in [3.8, 4) is 0 Å². The molecule has 0 aliphatic carbocycles. The fourth-order valence-electron chi connectivity index (χ4n) is 1.57. The Bertz CT molecular complexity index is 306.